The SMILES string of the molecule is O=C[C@@H]1CSCN1C(=O)[C@H]1NCSC1C(=O)CCC1=Cc2ccccc2C1. The summed E-state index contributed by atoms with van der Waals surface area (Å²) in [5, 5.41) is 2.80. The minimum absolute atomic E-state index is 0.118. The van der Waals surface area contributed by atoms with Crippen LogP contribution >= 0.6 is 23.5 Å². The van der Waals surface area contributed by atoms with Crippen LogP contribution in [0.2, 0.25) is 0 Å². The molecule has 7 heteroatoms. The number of hydrogen-bond donors (Lipinski definition) is 1. The summed E-state index contributed by atoms with van der Waals surface area (Å²) in [5.74, 6) is 1.76. The Kier molecular flexibility index (Phi) is 5.71. The van der Waals surface area contributed by atoms with Crippen LogP contribution in [0.25, 0.3) is 6.08 Å². The van der Waals surface area contributed by atoms with Gasteiger partial charge in [-0.1, -0.05) is 35.9 Å². The van der Waals surface area contributed by atoms with Crippen molar-refractivity contribution >= 4 is 47.6 Å². The maximum Gasteiger partial charge on any atom is 0.242 e. The molecule has 1 aliphatic carbocycles. The molecular weight excluding hydrogens is 380 g/mol. The number of allylic oxidation sites excluding steroid dienone is 1. The Bertz CT molecular complexity index is 795. The molecule has 0 radical (unpaired) electrons. The van der Waals surface area contributed by atoms with Crippen LogP contribution in [0.1, 0.15) is 24.0 Å². The van der Waals surface area contributed by atoms with E-state index >= 15 is 0 Å². The van der Waals surface area contributed by atoms with Crippen LogP contribution in [0.15, 0.2) is 29.8 Å². The summed E-state index contributed by atoms with van der Waals surface area (Å²) >= 11 is 3.08. The first-order valence-electron chi connectivity index (χ1n) is 9.16. The highest BCUT2D eigenvalue weighted by Gasteiger charge is 2.42. The second kappa shape index (κ2) is 8.20. The van der Waals surface area contributed by atoms with Gasteiger partial charge in [0.2, 0.25) is 5.91 Å². The molecule has 1 N–H and O–H groups in total. The molecule has 3 atom stereocenters. The molecule has 5 nitrogen and oxygen atoms in total. The number of rotatable bonds is 6. The summed E-state index contributed by atoms with van der Waals surface area (Å²) in [4.78, 5) is 38.5. The maximum absolute atomic E-state index is 12.9. The molecular formula is C20H22N2O3S2. The van der Waals surface area contributed by atoms with Gasteiger partial charge in [-0.05, 0) is 24.0 Å². The maximum atomic E-state index is 12.9. The van der Waals surface area contributed by atoms with Crippen LogP contribution in [-0.4, -0.2) is 57.7 Å². The summed E-state index contributed by atoms with van der Waals surface area (Å²) in [6.07, 6.45) is 5.12. The molecule has 2 aliphatic heterocycles. The molecule has 1 aromatic rings. The van der Waals surface area contributed by atoms with Crippen LogP contribution in [0.4, 0.5) is 0 Å². The van der Waals surface area contributed by atoms with Gasteiger partial charge in [-0.3, -0.25) is 14.9 Å². The third-order valence-electron chi connectivity index (χ3n) is 5.34. The highest BCUT2D eigenvalue weighted by atomic mass is 32.2. The minimum atomic E-state index is -0.515. The number of hydrogen-bond acceptors (Lipinski definition) is 6. The fourth-order valence-electron chi connectivity index (χ4n) is 3.84. The van der Waals surface area contributed by atoms with Crippen molar-refractivity contribution < 1.29 is 14.4 Å². The number of thioether (sulfide) groups is 2. The monoisotopic (exact) mass is 402 g/mol. The lowest BCUT2D eigenvalue weighted by Crippen LogP contribution is -2.51. The number of carbonyl (C=O) groups is 3. The van der Waals surface area contributed by atoms with Gasteiger partial charge in [0, 0.05) is 18.1 Å². The Morgan fingerprint density at radius 2 is 2.15 bits per heavy atom. The second-order valence-electron chi connectivity index (χ2n) is 7.07. The molecule has 0 bridgehead atoms. The van der Waals surface area contributed by atoms with E-state index in [0.717, 1.165) is 19.1 Å². The van der Waals surface area contributed by atoms with Crippen molar-refractivity contribution in [1.82, 2.24) is 10.2 Å². The van der Waals surface area contributed by atoms with E-state index in [1.165, 1.54) is 28.5 Å². The fourth-order valence-corrected chi connectivity index (χ4v) is 6.13. The molecule has 27 heavy (non-hydrogen) atoms. The largest absolute Gasteiger partial charge is 0.321 e. The van der Waals surface area contributed by atoms with Gasteiger partial charge < -0.3 is 9.69 Å². The Morgan fingerprint density at radius 3 is 2.96 bits per heavy atom. The number of nitrogens with one attached hydrogen (secondary N) is 1. The Morgan fingerprint density at radius 1 is 1.30 bits per heavy atom. The number of amides is 1. The summed E-state index contributed by atoms with van der Waals surface area (Å²) in [6, 6.07) is 7.42. The standard InChI is InChI=1S/C20H22N2O3S2/c23-9-16-10-26-12-22(16)20(25)18-19(27-11-21-18)17(24)6-5-13-7-14-3-1-2-4-15(14)8-13/h1-4,7,9,16,18-19,21H,5-6,8,10-12H2/t16-,18+,19?/m1/s1. The number of Topliss-reactive ketones (excluding diaryl/α,β-unsaturated/α-hetero) is 1. The molecule has 2 fully saturated rings. The molecule has 1 aromatic carbocycles. The third kappa shape index (κ3) is 3.86. The quantitative estimate of drug-likeness (QED) is 0.735. The zero-order valence-corrected chi connectivity index (χ0v) is 16.6. The van der Waals surface area contributed by atoms with Crippen molar-refractivity contribution in [2.75, 3.05) is 17.5 Å². The van der Waals surface area contributed by atoms with Crippen molar-refractivity contribution in [3.05, 3.63) is 41.0 Å². The van der Waals surface area contributed by atoms with E-state index in [4.69, 9.17) is 0 Å². The van der Waals surface area contributed by atoms with Crippen LogP contribution in [0.5, 0.6) is 0 Å². The average Bonchev–Trinajstić information content (AvgIpc) is 3.43. The van der Waals surface area contributed by atoms with Gasteiger partial charge in [-0.2, -0.15) is 0 Å². The van der Waals surface area contributed by atoms with Crippen molar-refractivity contribution in [3.8, 4) is 0 Å². The Balaban J connectivity index is 1.36. The molecule has 0 saturated carbocycles. The van der Waals surface area contributed by atoms with E-state index in [1.54, 1.807) is 16.7 Å². The van der Waals surface area contributed by atoms with Crippen molar-refractivity contribution in [1.29, 1.82) is 0 Å². The summed E-state index contributed by atoms with van der Waals surface area (Å²) < 4.78 is 0. The summed E-state index contributed by atoms with van der Waals surface area (Å²) in [7, 11) is 0. The first kappa shape index (κ1) is 18.8. The van der Waals surface area contributed by atoms with Crippen molar-refractivity contribution in [3.63, 3.8) is 0 Å². The van der Waals surface area contributed by atoms with E-state index in [-0.39, 0.29) is 23.0 Å². The van der Waals surface area contributed by atoms with Gasteiger partial charge in [0.1, 0.15) is 18.1 Å². The summed E-state index contributed by atoms with van der Waals surface area (Å²) in [5.41, 5.74) is 3.84. The van der Waals surface area contributed by atoms with E-state index < -0.39 is 6.04 Å². The number of carbonyl (C=O) groups excluding carboxylic acids is 3. The molecule has 4 rings (SSSR count). The van der Waals surface area contributed by atoms with E-state index in [2.05, 4.69) is 23.5 Å². The van der Waals surface area contributed by atoms with Crippen LogP contribution in [0.3, 0.4) is 0 Å². The van der Waals surface area contributed by atoms with Crippen LogP contribution < -0.4 is 5.32 Å². The molecule has 1 amide bonds. The van der Waals surface area contributed by atoms with Gasteiger partial charge in [-0.25, -0.2) is 0 Å². The van der Waals surface area contributed by atoms with Gasteiger partial charge in [0.15, 0.2) is 0 Å². The van der Waals surface area contributed by atoms with Gasteiger partial charge in [0.25, 0.3) is 0 Å². The lowest BCUT2D eigenvalue weighted by molar-refractivity contribution is -0.137. The van der Waals surface area contributed by atoms with Gasteiger partial charge >= 0.3 is 0 Å². The number of fused-ring (bicyclic) bond motifs is 1. The summed E-state index contributed by atoms with van der Waals surface area (Å²) in [6.45, 7) is 0. The zero-order chi connectivity index (χ0) is 18.8. The minimum Gasteiger partial charge on any atom is -0.321 e. The Labute approximate surface area is 167 Å². The van der Waals surface area contributed by atoms with E-state index in [0.29, 0.717) is 23.9 Å². The van der Waals surface area contributed by atoms with Crippen molar-refractivity contribution in [2.24, 2.45) is 0 Å². The number of ketones is 1. The molecule has 0 spiro atoms. The van der Waals surface area contributed by atoms with Crippen molar-refractivity contribution in [2.45, 2.75) is 36.6 Å². The van der Waals surface area contributed by atoms with Gasteiger partial charge in [-0.15, -0.1) is 23.5 Å². The molecule has 2 saturated heterocycles. The third-order valence-corrected chi connectivity index (χ3v) is 7.60. The fraction of sp³-hybridized carbons (Fsp3) is 0.450. The molecule has 0 aromatic heterocycles. The topological polar surface area (TPSA) is 66.5 Å². The van der Waals surface area contributed by atoms with E-state index in [9.17, 15) is 14.4 Å². The first-order chi connectivity index (χ1) is 13.2. The number of aldehydes is 1. The predicted octanol–water partition coefficient (Wildman–Crippen LogP) is 2.11. The molecule has 1 unspecified atom stereocenters. The number of benzene rings is 1. The predicted molar refractivity (Wildman–Crippen MR) is 110 cm³/mol. The number of nitrogens with zero attached hydrogens (tertiary/aromatic N) is 1. The molecule has 2 heterocycles. The molecule has 3 aliphatic rings. The van der Waals surface area contributed by atoms with Crippen LogP contribution in [0, 0.1) is 0 Å². The van der Waals surface area contributed by atoms with Gasteiger partial charge in [0.05, 0.1) is 17.2 Å². The second-order valence-corrected chi connectivity index (χ2v) is 9.20. The zero-order valence-electron chi connectivity index (χ0n) is 14.9. The highest BCUT2D eigenvalue weighted by Crippen LogP contribution is 2.31. The van der Waals surface area contributed by atoms with Crippen LogP contribution in [-0.2, 0) is 20.8 Å². The van der Waals surface area contributed by atoms with E-state index in [1.807, 2.05) is 12.1 Å². The highest BCUT2D eigenvalue weighted by molar-refractivity contribution is 8.01. The lowest BCUT2D eigenvalue weighted by Gasteiger charge is -2.25. The first-order valence-corrected chi connectivity index (χ1v) is 11.4. The normalized spacial score (nSPS) is 26.7. The lowest BCUT2D eigenvalue weighted by atomic mass is 10.0. The molecule has 142 valence electrons. The Hall–Kier alpha value is -1.57. The average molecular weight is 403 g/mol. The smallest absolute Gasteiger partial charge is 0.242 e.